The SMILES string of the molecule is CC(C)C1CCSCC1CN. The minimum absolute atomic E-state index is 0.786. The Labute approximate surface area is 74.1 Å². The molecule has 11 heavy (non-hydrogen) atoms. The van der Waals surface area contributed by atoms with Gasteiger partial charge < -0.3 is 5.73 Å². The molecule has 1 aliphatic heterocycles. The molecule has 1 aliphatic rings. The van der Waals surface area contributed by atoms with E-state index < -0.39 is 0 Å². The fourth-order valence-electron chi connectivity index (χ4n) is 1.93. The highest BCUT2D eigenvalue weighted by Crippen LogP contribution is 2.32. The van der Waals surface area contributed by atoms with E-state index in [0.717, 1.165) is 24.3 Å². The number of nitrogens with two attached hydrogens (primary N) is 1. The van der Waals surface area contributed by atoms with Crippen LogP contribution in [-0.2, 0) is 0 Å². The highest BCUT2D eigenvalue weighted by atomic mass is 32.2. The molecule has 0 bridgehead atoms. The van der Waals surface area contributed by atoms with Gasteiger partial charge in [0.25, 0.3) is 0 Å². The second-order valence-electron chi connectivity index (χ2n) is 3.77. The van der Waals surface area contributed by atoms with E-state index in [0.29, 0.717) is 0 Å². The van der Waals surface area contributed by atoms with Crippen molar-refractivity contribution in [1.29, 1.82) is 0 Å². The van der Waals surface area contributed by atoms with Crippen LogP contribution in [0.1, 0.15) is 20.3 Å². The summed E-state index contributed by atoms with van der Waals surface area (Å²) < 4.78 is 0. The van der Waals surface area contributed by atoms with Gasteiger partial charge in [-0.15, -0.1) is 0 Å². The van der Waals surface area contributed by atoms with E-state index in [9.17, 15) is 0 Å². The summed E-state index contributed by atoms with van der Waals surface area (Å²) in [6.45, 7) is 5.53. The Bertz CT molecular complexity index is 114. The van der Waals surface area contributed by atoms with Crippen LogP contribution in [0.4, 0.5) is 0 Å². The molecule has 1 fully saturated rings. The molecule has 0 aromatic heterocycles. The van der Waals surface area contributed by atoms with Gasteiger partial charge in [-0.1, -0.05) is 13.8 Å². The second-order valence-corrected chi connectivity index (χ2v) is 4.92. The summed E-state index contributed by atoms with van der Waals surface area (Å²) in [6.07, 6.45) is 1.38. The van der Waals surface area contributed by atoms with E-state index in [4.69, 9.17) is 5.73 Å². The molecule has 0 aliphatic carbocycles. The van der Waals surface area contributed by atoms with Crippen molar-refractivity contribution in [2.24, 2.45) is 23.5 Å². The summed E-state index contributed by atoms with van der Waals surface area (Å²) in [7, 11) is 0. The molecule has 0 aromatic rings. The van der Waals surface area contributed by atoms with Gasteiger partial charge in [-0.25, -0.2) is 0 Å². The predicted octanol–water partition coefficient (Wildman–Crippen LogP) is 1.97. The number of hydrogen-bond donors (Lipinski definition) is 1. The Morgan fingerprint density at radius 2 is 2.27 bits per heavy atom. The molecular formula is C9H19NS. The molecule has 0 aromatic carbocycles. The Hall–Kier alpha value is 0.310. The summed E-state index contributed by atoms with van der Waals surface area (Å²) in [6, 6.07) is 0. The molecule has 1 heterocycles. The molecule has 1 nitrogen and oxygen atoms in total. The molecule has 2 N–H and O–H groups in total. The van der Waals surface area contributed by atoms with E-state index in [1.54, 1.807) is 0 Å². The molecule has 1 rings (SSSR count). The minimum atomic E-state index is 0.786. The average molecular weight is 173 g/mol. The van der Waals surface area contributed by atoms with Crippen molar-refractivity contribution in [3.63, 3.8) is 0 Å². The van der Waals surface area contributed by atoms with E-state index in [1.165, 1.54) is 17.9 Å². The van der Waals surface area contributed by atoms with E-state index in [2.05, 4.69) is 25.6 Å². The van der Waals surface area contributed by atoms with Crippen molar-refractivity contribution in [2.75, 3.05) is 18.1 Å². The van der Waals surface area contributed by atoms with Crippen LogP contribution in [0.2, 0.25) is 0 Å². The number of thioether (sulfide) groups is 1. The van der Waals surface area contributed by atoms with Crippen LogP contribution in [0.5, 0.6) is 0 Å². The smallest absolute Gasteiger partial charge is 0.00243 e. The molecule has 1 saturated heterocycles. The van der Waals surface area contributed by atoms with Crippen LogP contribution in [0.15, 0.2) is 0 Å². The summed E-state index contributed by atoms with van der Waals surface area (Å²) in [5.41, 5.74) is 5.72. The molecule has 2 unspecified atom stereocenters. The van der Waals surface area contributed by atoms with Crippen molar-refractivity contribution in [2.45, 2.75) is 20.3 Å². The van der Waals surface area contributed by atoms with Gasteiger partial charge in [0.2, 0.25) is 0 Å². The Morgan fingerprint density at radius 3 is 2.73 bits per heavy atom. The van der Waals surface area contributed by atoms with Crippen LogP contribution < -0.4 is 5.73 Å². The zero-order valence-electron chi connectivity index (χ0n) is 7.55. The maximum Gasteiger partial charge on any atom is -0.00243 e. The van der Waals surface area contributed by atoms with Crippen LogP contribution in [-0.4, -0.2) is 18.1 Å². The van der Waals surface area contributed by atoms with Crippen molar-refractivity contribution >= 4 is 11.8 Å². The largest absolute Gasteiger partial charge is 0.330 e. The number of hydrogen-bond acceptors (Lipinski definition) is 2. The van der Waals surface area contributed by atoms with E-state index in [1.807, 2.05) is 0 Å². The number of rotatable bonds is 2. The normalized spacial score (nSPS) is 32.7. The van der Waals surface area contributed by atoms with Crippen molar-refractivity contribution in [3.8, 4) is 0 Å². The third-order valence-electron chi connectivity index (χ3n) is 2.69. The van der Waals surface area contributed by atoms with Gasteiger partial charge in [-0.2, -0.15) is 11.8 Å². The van der Waals surface area contributed by atoms with E-state index in [-0.39, 0.29) is 0 Å². The highest BCUT2D eigenvalue weighted by Gasteiger charge is 2.26. The van der Waals surface area contributed by atoms with Gasteiger partial charge in [-0.3, -0.25) is 0 Å². The fourth-order valence-corrected chi connectivity index (χ4v) is 3.23. The molecule has 0 radical (unpaired) electrons. The lowest BCUT2D eigenvalue weighted by Gasteiger charge is -2.33. The van der Waals surface area contributed by atoms with Gasteiger partial charge in [-0.05, 0) is 42.2 Å². The van der Waals surface area contributed by atoms with Crippen LogP contribution in [0, 0.1) is 17.8 Å². The fraction of sp³-hybridized carbons (Fsp3) is 1.00. The third-order valence-corrected chi connectivity index (χ3v) is 3.88. The quantitative estimate of drug-likeness (QED) is 0.691. The van der Waals surface area contributed by atoms with Gasteiger partial charge in [0.05, 0.1) is 0 Å². The van der Waals surface area contributed by atoms with Crippen LogP contribution >= 0.6 is 11.8 Å². The van der Waals surface area contributed by atoms with Gasteiger partial charge in [0, 0.05) is 0 Å². The monoisotopic (exact) mass is 173 g/mol. The van der Waals surface area contributed by atoms with Gasteiger partial charge in [0.1, 0.15) is 0 Å². The first-order chi connectivity index (χ1) is 5.25. The summed E-state index contributed by atoms with van der Waals surface area (Å²) in [5, 5.41) is 0. The average Bonchev–Trinajstić information content (AvgIpc) is 2.04. The summed E-state index contributed by atoms with van der Waals surface area (Å²) >= 11 is 2.07. The Morgan fingerprint density at radius 1 is 1.55 bits per heavy atom. The Kier molecular flexibility index (Phi) is 3.73. The first-order valence-electron chi connectivity index (χ1n) is 4.53. The maximum atomic E-state index is 5.72. The zero-order chi connectivity index (χ0) is 8.27. The Balaban J connectivity index is 2.44. The molecule has 2 heteroatoms. The molecule has 0 spiro atoms. The summed E-state index contributed by atoms with van der Waals surface area (Å²) in [4.78, 5) is 0. The van der Waals surface area contributed by atoms with Crippen LogP contribution in [0.25, 0.3) is 0 Å². The van der Waals surface area contributed by atoms with Crippen LogP contribution in [0.3, 0.4) is 0 Å². The highest BCUT2D eigenvalue weighted by molar-refractivity contribution is 7.99. The maximum absolute atomic E-state index is 5.72. The van der Waals surface area contributed by atoms with Gasteiger partial charge in [0.15, 0.2) is 0 Å². The molecule has 0 saturated carbocycles. The lowest BCUT2D eigenvalue weighted by Crippen LogP contribution is -2.32. The zero-order valence-corrected chi connectivity index (χ0v) is 8.36. The molecular weight excluding hydrogens is 154 g/mol. The first kappa shape index (κ1) is 9.40. The van der Waals surface area contributed by atoms with E-state index >= 15 is 0 Å². The molecule has 2 atom stereocenters. The lowest BCUT2D eigenvalue weighted by atomic mass is 9.82. The lowest BCUT2D eigenvalue weighted by molar-refractivity contribution is 0.267. The minimum Gasteiger partial charge on any atom is -0.330 e. The first-order valence-corrected chi connectivity index (χ1v) is 5.69. The predicted molar refractivity (Wildman–Crippen MR) is 52.8 cm³/mol. The topological polar surface area (TPSA) is 26.0 Å². The standard InChI is InChI=1S/C9H19NS/c1-7(2)9-3-4-11-6-8(9)5-10/h7-9H,3-6,10H2,1-2H3. The molecule has 66 valence electrons. The van der Waals surface area contributed by atoms with Crippen molar-refractivity contribution < 1.29 is 0 Å². The molecule has 0 amide bonds. The second kappa shape index (κ2) is 4.36. The van der Waals surface area contributed by atoms with Crippen molar-refractivity contribution in [1.82, 2.24) is 0 Å². The summed E-state index contributed by atoms with van der Waals surface area (Å²) in [5.74, 6) is 5.14. The third kappa shape index (κ3) is 2.38. The van der Waals surface area contributed by atoms with Crippen molar-refractivity contribution in [3.05, 3.63) is 0 Å². The van der Waals surface area contributed by atoms with Gasteiger partial charge >= 0.3 is 0 Å².